The van der Waals surface area contributed by atoms with Crippen LogP contribution in [0.2, 0.25) is 0 Å². The lowest BCUT2D eigenvalue weighted by Crippen LogP contribution is -2.52. The van der Waals surface area contributed by atoms with Crippen LogP contribution in [0.3, 0.4) is 0 Å². The van der Waals surface area contributed by atoms with Crippen LogP contribution in [0.15, 0.2) is 24.3 Å². The number of amides is 1. The lowest BCUT2D eigenvalue weighted by molar-refractivity contribution is -0.128. The summed E-state index contributed by atoms with van der Waals surface area (Å²) in [4.78, 5) is 13.0. The standard InChI is InChI=1S/C18H26N2O.ClH/c1-14-7-3-4-8-16(14)18(9-5-2-6-10-18)17(21)20-13-15-11-19-12-15;/h3-4,7-8,15,19H,2,5-6,9-13H2,1H3,(H,20,21);1H. The van der Waals surface area contributed by atoms with Gasteiger partial charge < -0.3 is 10.6 Å². The smallest absolute Gasteiger partial charge is 0.230 e. The van der Waals surface area contributed by atoms with Crippen molar-refractivity contribution in [3.8, 4) is 0 Å². The first kappa shape index (κ1) is 17.3. The molecule has 122 valence electrons. The predicted molar refractivity (Wildman–Crippen MR) is 92.6 cm³/mol. The average molecular weight is 323 g/mol. The molecule has 2 fully saturated rings. The molecule has 0 bridgehead atoms. The highest BCUT2D eigenvalue weighted by atomic mass is 35.5. The minimum Gasteiger partial charge on any atom is -0.355 e. The molecule has 1 aliphatic carbocycles. The van der Waals surface area contributed by atoms with Gasteiger partial charge >= 0.3 is 0 Å². The summed E-state index contributed by atoms with van der Waals surface area (Å²) in [5, 5.41) is 6.51. The molecule has 0 atom stereocenters. The zero-order valence-corrected chi connectivity index (χ0v) is 14.2. The number of nitrogens with one attached hydrogen (secondary N) is 2. The molecule has 1 aliphatic heterocycles. The third-order valence-electron chi connectivity index (χ3n) is 5.22. The average Bonchev–Trinajstić information content (AvgIpc) is 2.46. The highest BCUT2D eigenvalue weighted by Gasteiger charge is 2.41. The van der Waals surface area contributed by atoms with E-state index >= 15 is 0 Å². The van der Waals surface area contributed by atoms with E-state index in [0.717, 1.165) is 45.3 Å². The zero-order chi connectivity index (χ0) is 14.7. The van der Waals surface area contributed by atoms with E-state index in [2.05, 4.69) is 41.8 Å². The molecule has 3 nitrogen and oxygen atoms in total. The molecule has 0 aromatic heterocycles. The number of aryl methyl sites for hydroxylation is 1. The number of benzene rings is 1. The van der Waals surface area contributed by atoms with E-state index in [1.165, 1.54) is 17.5 Å². The van der Waals surface area contributed by atoms with E-state index in [0.29, 0.717) is 5.92 Å². The van der Waals surface area contributed by atoms with Crippen molar-refractivity contribution in [1.29, 1.82) is 0 Å². The number of halogens is 1. The third-order valence-corrected chi connectivity index (χ3v) is 5.22. The van der Waals surface area contributed by atoms with Gasteiger partial charge in [0.25, 0.3) is 0 Å². The zero-order valence-electron chi connectivity index (χ0n) is 13.4. The monoisotopic (exact) mass is 322 g/mol. The Kier molecular flexibility index (Phi) is 5.87. The summed E-state index contributed by atoms with van der Waals surface area (Å²) < 4.78 is 0. The van der Waals surface area contributed by atoms with Gasteiger partial charge in [0, 0.05) is 25.6 Å². The van der Waals surface area contributed by atoms with E-state index in [9.17, 15) is 4.79 Å². The molecule has 1 aromatic carbocycles. The van der Waals surface area contributed by atoms with E-state index < -0.39 is 0 Å². The molecular formula is C18H27ClN2O. The summed E-state index contributed by atoms with van der Waals surface area (Å²) in [6.45, 7) is 5.03. The van der Waals surface area contributed by atoms with E-state index in [1.807, 2.05) is 0 Å². The Morgan fingerprint density at radius 1 is 1.23 bits per heavy atom. The van der Waals surface area contributed by atoms with Crippen molar-refractivity contribution >= 4 is 18.3 Å². The molecule has 3 rings (SSSR count). The molecule has 2 aliphatic rings. The van der Waals surface area contributed by atoms with Crippen LogP contribution in [0.1, 0.15) is 43.2 Å². The lowest BCUT2D eigenvalue weighted by Gasteiger charge is -2.38. The van der Waals surface area contributed by atoms with Crippen LogP contribution < -0.4 is 10.6 Å². The normalized spacial score (nSPS) is 20.6. The Hall–Kier alpha value is -1.06. The van der Waals surface area contributed by atoms with Crippen molar-refractivity contribution in [3.63, 3.8) is 0 Å². The summed E-state index contributed by atoms with van der Waals surface area (Å²) in [6, 6.07) is 8.43. The molecule has 0 unspecified atom stereocenters. The van der Waals surface area contributed by atoms with Crippen molar-refractivity contribution in [2.24, 2.45) is 5.92 Å². The maximum absolute atomic E-state index is 13.0. The molecule has 4 heteroatoms. The predicted octanol–water partition coefficient (Wildman–Crippen LogP) is 2.95. The number of rotatable bonds is 4. The quantitative estimate of drug-likeness (QED) is 0.895. The lowest BCUT2D eigenvalue weighted by atomic mass is 9.67. The van der Waals surface area contributed by atoms with Crippen LogP contribution in [0, 0.1) is 12.8 Å². The second kappa shape index (κ2) is 7.47. The molecule has 0 radical (unpaired) electrons. The van der Waals surface area contributed by atoms with Crippen LogP contribution in [-0.4, -0.2) is 25.5 Å². The molecule has 1 saturated heterocycles. The maximum atomic E-state index is 13.0. The van der Waals surface area contributed by atoms with Crippen LogP contribution in [0.25, 0.3) is 0 Å². The number of hydrogen-bond acceptors (Lipinski definition) is 2. The Bertz CT molecular complexity index is 508. The molecule has 1 aromatic rings. The van der Waals surface area contributed by atoms with Crippen molar-refractivity contribution < 1.29 is 4.79 Å². The SMILES string of the molecule is Cc1ccccc1C1(C(=O)NCC2CNC2)CCCCC1.Cl. The number of carbonyl (C=O) groups excluding carboxylic acids is 1. The molecule has 1 saturated carbocycles. The fourth-order valence-corrected chi connectivity index (χ4v) is 3.78. The van der Waals surface area contributed by atoms with Crippen LogP contribution in [0.4, 0.5) is 0 Å². The molecule has 1 heterocycles. The highest BCUT2D eigenvalue weighted by molar-refractivity contribution is 5.88. The summed E-state index contributed by atoms with van der Waals surface area (Å²) in [5.41, 5.74) is 2.20. The van der Waals surface area contributed by atoms with E-state index in [4.69, 9.17) is 0 Å². The third kappa shape index (κ3) is 3.31. The van der Waals surface area contributed by atoms with Crippen molar-refractivity contribution in [3.05, 3.63) is 35.4 Å². The van der Waals surface area contributed by atoms with Crippen molar-refractivity contribution in [2.75, 3.05) is 19.6 Å². The van der Waals surface area contributed by atoms with Crippen LogP contribution in [0.5, 0.6) is 0 Å². The first-order chi connectivity index (χ1) is 10.2. The van der Waals surface area contributed by atoms with E-state index in [-0.39, 0.29) is 23.7 Å². The van der Waals surface area contributed by atoms with Gasteiger partial charge in [-0.2, -0.15) is 0 Å². The Morgan fingerprint density at radius 3 is 2.50 bits per heavy atom. The van der Waals surface area contributed by atoms with Gasteiger partial charge in [0.2, 0.25) is 5.91 Å². The van der Waals surface area contributed by atoms with Crippen molar-refractivity contribution in [1.82, 2.24) is 10.6 Å². The van der Waals surface area contributed by atoms with Gasteiger partial charge in [0.1, 0.15) is 0 Å². The minimum absolute atomic E-state index is 0. The van der Waals surface area contributed by atoms with Gasteiger partial charge in [-0.25, -0.2) is 0 Å². The minimum atomic E-state index is -0.291. The van der Waals surface area contributed by atoms with Crippen LogP contribution in [-0.2, 0) is 10.2 Å². The highest BCUT2D eigenvalue weighted by Crippen LogP contribution is 2.41. The molecular weight excluding hydrogens is 296 g/mol. The summed E-state index contributed by atoms with van der Waals surface area (Å²) in [5.74, 6) is 0.870. The van der Waals surface area contributed by atoms with Gasteiger partial charge in [-0.3, -0.25) is 4.79 Å². The maximum Gasteiger partial charge on any atom is 0.230 e. The largest absolute Gasteiger partial charge is 0.355 e. The van der Waals surface area contributed by atoms with Gasteiger partial charge in [-0.05, 0) is 30.9 Å². The molecule has 1 amide bonds. The number of hydrogen-bond donors (Lipinski definition) is 2. The molecule has 22 heavy (non-hydrogen) atoms. The summed E-state index contributed by atoms with van der Waals surface area (Å²) in [6.07, 6.45) is 5.56. The fraction of sp³-hybridized carbons (Fsp3) is 0.611. The van der Waals surface area contributed by atoms with Gasteiger partial charge in [0.05, 0.1) is 5.41 Å². The van der Waals surface area contributed by atoms with Gasteiger partial charge in [-0.15, -0.1) is 12.4 Å². The molecule has 2 N–H and O–H groups in total. The summed E-state index contributed by atoms with van der Waals surface area (Å²) in [7, 11) is 0. The second-order valence-electron chi connectivity index (χ2n) is 6.69. The van der Waals surface area contributed by atoms with Gasteiger partial charge in [0.15, 0.2) is 0 Å². The van der Waals surface area contributed by atoms with E-state index in [1.54, 1.807) is 0 Å². The topological polar surface area (TPSA) is 41.1 Å². The van der Waals surface area contributed by atoms with Crippen LogP contribution >= 0.6 is 12.4 Å². The Morgan fingerprint density at radius 2 is 1.91 bits per heavy atom. The summed E-state index contributed by atoms with van der Waals surface area (Å²) >= 11 is 0. The van der Waals surface area contributed by atoms with Gasteiger partial charge in [-0.1, -0.05) is 43.5 Å². The molecule has 0 spiro atoms. The fourth-order valence-electron chi connectivity index (χ4n) is 3.78. The Balaban J connectivity index is 0.00000176. The number of carbonyl (C=O) groups is 1. The first-order valence-corrected chi connectivity index (χ1v) is 8.27. The Labute approximate surface area is 139 Å². The van der Waals surface area contributed by atoms with Crippen molar-refractivity contribution in [2.45, 2.75) is 44.4 Å². The second-order valence-corrected chi connectivity index (χ2v) is 6.69. The first-order valence-electron chi connectivity index (χ1n) is 8.27.